The molecule has 1 amide bonds. The number of carboxylic acid groups (broad SMARTS) is 1. The zero-order valence-electron chi connectivity index (χ0n) is 11.7. The highest BCUT2D eigenvalue weighted by Crippen LogP contribution is 2.51. The number of thioether (sulfide) groups is 2. The van der Waals surface area contributed by atoms with Crippen LogP contribution in [0.1, 0.15) is 6.92 Å². The lowest BCUT2D eigenvalue weighted by Crippen LogP contribution is -2.63. The van der Waals surface area contributed by atoms with E-state index >= 15 is 0 Å². The number of hydrogen-bond acceptors (Lipinski definition) is 8. The monoisotopic (exact) mass is 343 g/mol. The fourth-order valence-corrected chi connectivity index (χ4v) is 4.91. The summed E-state index contributed by atoms with van der Waals surface area (Å²) in [6.45, 7) is 1.54. The second-order valence-electron chi connectivity index (χ2n) is 4.98. The third-order valence-electron chi connectivity index (χ3n) is 3.54. The Balaban J connectivity index is 1.84. The van der Waals surface area contributed by atoms with Crippen LogP contribution >= 0.6 is 23.5 Å². The van der Waals surface area contributed by atoms with E-state index in [4.69, 9.17) is 0 Å². The van der Waals surface area contributed by atoms with Crippen LogP contribution in [0.4, 0.5) is 0 Å². The van der Waals surface area contributed by atoms with Crippen molar-refractivity contribution in [1.82, 2.24) is 25.1 Å². The number of aryl methyl sites for hydroxylation is 1. The van der Waals surface area contributed by atoms with Gasteiger partial charge >= 0.3 is 5.97 Å². The van der Waals surface area contributed by atoms with Gasteiger partial charge in [-0.05, 0) is 22.8 Å². The van der Waals surface area contributed by atoms with Crippen LogP contribution in [0.25, 0.3) is 0 Å². The predicted octanol–water partition coefficient (Wildman–Crippen LogP) is -0.491. The van der Waals surface area contributed by atoms with Crippen LogP contribution in [0.5, 0.6) is 0 Å². The number of fused-ring (bicyclic) bond motifs is 1. The smallest absolute Gasteiger partial charge is 0.331 e. The third kappa shape index (κ3) is 2.29. The van der Waals surface area contributed by atoms with Gasteiger partial charge < -0.3 is 15.1 Å². The molecule has 11 heteroatoms. The van der Waals surface area contributed by atoms with E-state index in [2.05, 4.69) is 15.5 Å². The number of aliphatic carboxylic acids is 1. The highest BCUT2D eigenvalue weighted by Gasteiger charge is 2.60. The quantitative estimate of drug-likeness (QED) is 0.551. The molecule has 3 heterocycles. The van der Waals surface area contributed by atoms with E-state index in [1.165, 1.54) is 40.0 Å². The average Bonchev–Trinajstić information content (AvgIpc) is 2.97. The molecule has 2 fully saturated rings. The van der Waals surface area contributed by atoms with Crippen molar-refractivity contribution in [2.45, 2.75) is 29.6 Å². The molecular formula is C11H13N5O4S2. The van der Waals surface area contributed by atoms with E-state index in [0.29, 0.717) is 10.1 Å². The van der Waals surface area contributed by atoms with E-state index < -0.39 is 24.0 Å². The number of tetrazole rings is 1. The Morgan fingerprint density at radius 1 is 1.55 bits per heavy atom. The Morgan fingerprint density at radius 3 is 2.82 bits per heavy atom. The molecule has 3 rings (SSSR count). The number of carbonyl (C=O) groups excluding carboxylic acids is 1. The molecule has 4 atom stereocenters. The summed E-state index contributed by atoms with van der Waals surface area (Å²) in [5, 5.41) is 31.9. The molecule has 1 aromatic rings. The van der Waals surface area contributed by atoms with Crippen LogP contribution in [-0.2, 0) is 16.6 Å². The van der Waals surface area contributed by atoms with Crippen LogP contribution in [-0.4, -0.2) is 64.7 Å². The van der Waals surface area contributed by atoms with Gasteiger partial charge in [-0.2, -0.15) is 0 Å². The van der Waals surface area contributed by atoms with Gasteiger partial charge in [-0.25, -0.2) is 9.48 Å². The predicted molar refractivity (Wildman–Crippen MR) is 77.6 cm³/mol. The van der Waals surface area contributed by atoms with Gasteiger partial charge in [0, 0.05) is 12.0 Å². The molecule has 0 aliphatic carbocycles. The average molecular weight is 343 g/mol. The molecule has 0 aromatic carbocycles. The van der Waals surface area contributed by atoms with Crippen molar-refractivity contribution in [3.05, 3.63) is 10.3 Å². The van der Waals surface area contributed by atoms with Crippen LogP contribution in [0.15, 0.2) is 15.5 Å². The molecular weight excluding hydrogens is 330 g/mol. The van der Waals surface area contributed by atoms with Crippen molar-refractivity contribution >= 4 is 35.4 Å². The molecule has 9 nitrogen and oxygen atoms in total. The molecule has 0 spiro atoms. The summed E-state index contributed by atoms with van der Waals surface area (Å²) in [6.07, 6.45) is -0.800. The molecule has 2 aliphatic heterocycles. The molecule has 22 heavy (non-hydrogen) atoms. The number of nitrogens with zero attached hydrogens (tertiary/aromatic N) is 5. The molecule has 1 aromatic heterocycles. The minimum Gasteiger partial charge on any atom is -0.479 e. The summed E-state index contributed by atoms with van der Waals surface area (Å²) in [6, 6.07) is -1.01. The second-order valence-corrected chi connectivity index (χ2v) is 7.01. The van der Waals surface area contributed by atoms with Crippen molar-refractivity contribution in [3.63, 3.8) is 0 Å². The highest BCUT2D eigenvalue weighted by atomic mass is 32.2. The van der Waals surface area contributed by atoms with Crippen molar-refractivity contribution in [3.8, 4) is 0 Å². The number of carboxylic acids is 1. The largest absolute Gasteiger partial charge is 0.479 e. The number of β-lactam (4-membered cyclic amide) rings is 1. The van der Waals surface area contributed by atoms with Gasteiger partial charge in [-0.15, -0.1) is 16.9 Å². The number of carbonyl (C=O) groups is 2. The normalized spacial score (nSPS) is 30.3. The molecule has 0 bridgehead atoms. The first-order valence-corrected chi connectivity index (χ1v) is 8.16. The Kier molecular flexibility index (Phi) is 3.87. The fourth-order valence-electron chi connectivity index (χ4n) is 2.46. The molecule has 118 valence electrons. The van der Waals surface area contributed by atoms with Gasteiger partial charge in [0.25, 0.3) is 0 Å². The van der Waals surface area contributed by atoms with Gasteiger partial charge in [0.1, 0.15) is 0 Å². The first kappa shape index (κ1) is 15.3. The van der Waals surface area contributed by atoms with Crippen LogP contribution in [0, 0.1) is 5.92 Å². The number of amides is 1. The molecule has 2 aliphatic rings. The van der Waals surface area contributed by atoms with Crippen LogP contribution in [0.2, 0.25) is 0 Å². The third-order valence-corrected chi connectivity index (χ3v) is 5.99. The summed E-state index contributed by atoms with van der Waals surface area (Å²) < 4.78 is 1.47. The van der Waals surface area contributed by atoms with E-state index in [-0.39, 0.29) is 11.3 Å². The minimum absolute atomic E-state index is 0.325. The van der Waals surface area contributed by atoms with E-state index in [1.807, 2.05) is 0 Å². The zero-order chi connectivity index (χ0) is 16.0. The standard InChI is InChI=1S/C11H13N5O4S2/c1-4(17)6-8(18)16-7(10(19)20)5(22-9(6)16)3-21-11-12-13-14-15(11)2/h3-4,6-7,9,17H,1-2H3,(H,19,20)/b5-3+/t4-,6-,7?,9-/m1/s1. The van der Waals surface area contributed by atoms with Crippen LogP contribution < -0.4 is 0 Å². The maximum Gasteiger partial charge on any atom is 0.331 e. The summed E-state index contributed by atoms with van der Waals surface area (Å²) in [5.74, 6) is -1.97. The van der Waals surface area contributed by atoms with E-state index in [0.717, 1.165) is 0 Å². The first-order chi connectivity index (χ1) is 10.4. The second kappa shape index (κ2) is 5.56. The first-order valence-electron chi connectivity index (χ1n) is 6.40. The lowest BCUT2D eigenvalue weighted by atomic mass is 9.91. The number of aromatic nitrogens is 4. The van der Waals surface area contributed by atoms with Crippen molar-refractivity contribution in [2.75, 3.05) is 0 Å². The number of rotatable bonds is 4. The maximum absolute atomic E-state index is 12.1. The van der Waals surface area contributed by atoms with Crippen molar-refractivity contribution in [1.29, 1.82) is 0 Å². The van der Waals surface area contributed by atoms with Gasteiger partial charge in [-0.3, -0.25) is 4.79 Å². The molecule has 2 N–H and O–H groups in total. The summed E-state index contributed by atoms with van der Waals surface area (Å²) in [4.78, 5) is 25.4. The van der Waals surface area contributed by atoms with Gasteiger partial charge in [0.2, 0.25) is 11.1 Å². The summed E-state index contributed by atoms with van der Waals surface area (Å²) in [7, 11) is 1.68. The Hall–Kier alpha value is -1.59. The Bertz CT molecular complexity index is 661. The number of aliphatic hydroxyl groups is 1. The topological polar surface area (TPSA) is 121 Å². The van der Waals surface area contributed by atoms with Crippen LogP contribution in [0.3, 0.4) is 0 Å². The molecule has 0 radical (unpaired) electrons. The lowest BCUT2D eigenvalue weighted by Gasteiger charge is -2.44. The van der Waals surface area contributed by atoms with Crippen molar-refractivity contribution in [2.24, 2.45) is 13.0 Å². The fraction of sp³-hybridized carbons (Fsp3) is 0.545. The van der Waals surface area contributed by atoms with E-state index in [1.54, 1.807) is 12.5 Å². The number of hydrogen-bond donors (Lipinski definition) is 2. The van der Waals surface area contributed by atoms with Gasteiger partial charge in [-0.1, -0.05) is 11.8 Å². The Morgan fingerprint density at radius 2 is 2.27 bits per heavy atom. The van der Waals surface area contributed by atoms with E-state index in [9.17, 15) is 19.8 Å². The molecule has 0 saturated carbocycles. The van der Waals surface area contributed by atoms with Gasteiger partial charge in [0.05, 0.1) is 17.4 Å². The molecule has 1 unspecified atom stereocenters. The van der Waals surface area contributed by atoms with Gasteiger partial charge in [0.15, 0.2) is 6.04 Å². The highest BCUT2D eigenvalue weighted by molar-refractivity contribution is 8.06. The Labute approximate surface area is 133 Å². The maximum atomic E-state index is 12.1. The summed E-state index contributed by atoms with van der Waals surface area (Å²) in [5.41, 5.74) is 0. The minimum atomic E-state index is -1.09. The summed E-state index contributed by atoms with van der Waals surface area (Å²) >= 11 is 2.49. The number of aliphatic hydroxyl groups excluding tert-OH is 1. The lowest BCUT2D eigenvalue weighted by molar-refractivity contribution is -0.165. The van der Waals surface area contributed by atoms with Crippen molar-refractivity contribution < 1.29 is 19.8 Å². The molecule has 2 saturated heterocycles. The SMILES string of the molecule is C[C@@H](O)[C@@H]1C(=O)N2C(C(=O)O)/C(=C\Sc3nnnn3C)S[C@H]12. The zero-order valence-corrected chi connectivity index (χ0v) is 13.3.